The molecule has 2 atom stereocenters. The number of hydrogen-bond donors (Lipinski definition) is 0. The molecule has 0 radical (unpaired) electrons. The van der Waals surface area contributed by atoms with Crippen molar-refractivity contribution < 1.29 is 9.47 Å². The van der Waals surface area contributed by atoms with Crippen molar-refractivity contribution in [2.24, 2.45) is 5.92 Å². The minimum Gasteiger partial charge on any atom is -0.491 e. The quantitative estimate of drug-likeness (QED) is 0.761. The zero-order valence-corrected chi connectivity index (χ0v) is 11.1. The summed E-state index contributed by atoms with van der Waals surface area (Å²) in [6, 6.07) is 8.16. The van der Waals surface area contributed by atoms with Gasteiger partial charge in [0.05, 0.1) is 12.2 Å². The van der Waals surface area contributed by atoms with Crippen LogP contribution in [0.1, 0.15) is 31.9 Å². The molecule has 0 bridgehead atoms. The van der Waals surface area contributed by atoms with E-state index in [9.17, 15) is 0 Å². The van der Waals surface area contributed by atoms with Crippen molar-refractivity contribution in [1.82, 2.24) is 0 Å². The summed E-state index contributed by atoms with van der Waals surface area (Å²) in [4.78, 5) is 0. The number of alkyl halides is 1. The molecular formula is C14H19ClO2. The lowest BCUT2D eigenvalue weighted by molar-refractivity contribution is 0.0951. The fourth-order valence-electron chi connectivity index (χ4n) is 2.17. The first-order chi connectivity index (χ1) is 8.20. The molecule has 1 aromatic rings. The van der Waals surface area contributed by atoms with Crippen LogP contribution in [-0.2, 0) is 4.74 Å². The Morgan fingerprint density at radius 2 is 2.06 bits per heavy atom. The number of halogens is 1. The summed E-state index contributed by atoms with van der Waals surface area (Å²) in [6.07, 6.45) is 1.41. The highest BCUT2D eigenvalue weighted by Gasteiger charge is 2.28. The van der Waals surface area contributed by atoms with Gasteiger partial charge in [-0.3, -0.25) is 0 Å². The van der Waals surface area contributed by atoms with E-state index in [1.165, 1.54) is 5.56 Å². The molecule has 0 aliphatic carbocycles. The molecule has 17 heavy (non-hydrogen) atoms. The molecule has 1 heterocycles. The first-order valence-electron chi connectivity index (χ1n) is 6.15. The summed E-state index contributed by atoms with van der Waals surface area (Å²) >= 11 is 5.95. The third-order valence-electron chi connectivity index (χ3n) is 2.99. The largest absolute Gasteiger partial charge is 0.491 e. The predicted octanol–water partition coefficient (Wildman–Crippen LogP) is 3.79. The molecule has 94 valence electrons. The second-order valence-electron chi connectivity index (χ2n) is 4.73. The van der Waals surface area contributed by atoms with Crippen LogP contribution in [0.15, 0.2) is 24.3 Å². The Balaban J connectivity index is 2.07. The highest BCUT2D eigenvalue weighted by molar-refractivity contribution is 6.18. The van der Waals surface area contributed by atoms with Crippen molar-refractivity contribution >= 4 is 11.6 Å². The highest BCUT2D eigenvalue weighted by Crippen LogP contribution is 2.35. The van der Waals surface area contributed by atoms with Gasteiger partial charge < -0.3 is 9.47 Å². The van der Waals surface area contributed by atoms with Gasteiger partial charge in [0.25, 0.3) is 0 Å². The van der Waals surface area contributed by atoms with Crippen molar-refractivity contribution in [1.29, 1.82) is 0 Å². The lowest BCUT2D eigenvalue weighted by Crippen LogP contribution is -2.09. The molecule has 3 heteroatoms. The van der Waals surface area contributed by atoms with Crippen LogP contribution in [0.5, 0.6) is 5.75 Å². The maximum atomic E-state index is 5.95. The van der Waals surface area contributed by atoms with E-state index in [1.807, 2.05) is 26.0 Å². The molecule has 0 N–H and O–H groups in total. The van der Waals surface area contributed by atoms with Crippen molar-refractivity contribution in [2.75, 3.05) is 12.5 Å². The SMILES string of the molecule is CC(C)Oc1ccc(C2OCCC2CCl)cc1. The average Bonchev–Trinajstić information content (AvgIpc) is 2.77. The summed E-state index contributed by atoms with van der Waals surface area (Å²) in [6.45, 7) is 4.86. The van der Waals surface area contributed by atoms with Crippen LogP contribution >= 0.6 is 11.6 Å². The molecule has 1 aromatic carbocycles. The smallest absolute Gasteiger partial charge is 0.119 e. The van der Waals surface area contributed by atoms with Gasteiger partial charge in [-0.15, -0.1) is 11.6 Å². The van der Waals surface area contributed by atoms with Gasteiger partial charge in [0.1, 0.15) is 5.75 Å². The Kier molecular flexibility index (Phi) is 4.30. The topological polar surface area (TPSA) is 18.5 Å². The monoisotopic (exact) mass is 254 g/mol. The molecule has 0 spiro atoms. The Morgan fingerprint density at radius 3 is 2.65 bits per heavy atom. The Hall–Kier alpha value is -0.730. The summed E-state index contributed by atoms with van der Waals surface area (Å²) in [5, 5.41) is 0. The van der Waals surface area contributed by atoms with Gasteiger partial charge in [-0.2, -0.15) is 0 Å². The molecule has 1 saturated heterocycles. The molecular weight excluding hydrogens is 236 g/mol. The molecule has 2 unspecified atom stereocenters. The molecule has 0 amide bonds. The minimum atomic E-state index is 0.153. The lowest BCUT2D eigenvalue weighted by atomic mass is 9.97. The first-order valence-corrected chi connectivity index (χ1v) is 6.68. The van der Waals surface area contributed by atoms with E-state index >= 15 is 0 Å². The van der Waals surface area contributed by atoms with Crippen LogP contribution in [0.2, 0.25) is 0 Å². The fourth-order valence-corrected chi connectivity index (χ4v) is 2.48. The summed E-state index contributed by atoms with van der Waals surface area (Å²) in [5.41, 5.74) is 1.20. The van der Waals surface area contributed by atoms with Gasteiger partial charge in [-0.25, -0.2) is 0 Å². The normalized spacial score (nSPS) is 24.2. The molecule has 2 nitrogen and oxygen atoms in total. The van der Waals surface area contributed by atoms with E-state index < -0.39 is 0 Å². The zero-order chi connectivity index (χ0) is 12.3. The maximum Gasteiger partial charge on any atom is 0.119 e. The van der Waals surface area contributed by atoms with Crippen LogP contribution in [0, 0.1) is 5.92 Å². The van der Waals surface area contributed by atoms with E-state index in [4.69, 9.17) is 21.1 Å². The summed E-state index contributed by atoms with van der Waals surface area (Å²) in [7, 11) is 0. The van der Waals surface area contributed by atoms with E-state index in [0.717, 1.165) is 18.8 Å². The van der Waals surface area contributed by atoms with Crippen LogP contribution in [0.25, 0.3) is 0 Å². The molecule has 1 aliphatic rings. The van der Waals surface area contributed by atoms with Gasteiger partial charge in [-0.1, -0.05) is 12.1 Å². The third-order valence-corrected chi connectivity index (χ3v) is 3.39. The number of ether oxygens (including phenoxy) is 2. The van der Waals surface area contributed by atoms with Crippen molar-refractivity contribution in [3.63, 3.8) is 0 Å². The van der Waals surface area contributed by atoms with Crippen LogP contribution in [0.4, 0.5) is 0 Å². The second kappa shape index (κ2) is 5.74. The van der Waals surface area contributed by atoms with Crippen LogP contribution in [0.3, 0.4) is 0 Å². The fraction of sp³-hybridized carbons (Fsp3) is 0.571. The Morgan fingerprint density at radius 1 is 1.35 bits per heavy atom. The average molecular weight is 255 g/mol. The van der Waals surface area contributed by atoms with Gasteiger partial charge >= 0.3 is 0 Å². The van der Waals surface area contributed by atoms with Gasteiger partial charge in [-0.05, 0) is 38.0 Å². The van der Waals surface area contributed by atoms with Crippen LogP contribution in [-0.4, -0.2) is 18.6 Å². The summed E-state index contributed by atoms with van der Waals surface area (Å²) in [5.74, 6) is 2.01. The Bertz CT molecular complexity index is 348. The zero-order valence-electron chi connectivity index (χ0n) is 10.4. The molecule has 0 saturated carbocycles. The number of rotatable bonds is 4. The van der Waals surface area contributed by atoms with Crippen molar-refractivity contribution in [3.8, 4) is 5.75 Å². The standard InChI is InChI=1S/C14H19ClO2/c1-10(2)17-13-5-3-11(4-6-13)14-12(9-15)7-8-16-14/h3-6,10,12,14H,7-9H2,1-2H3. The maximum absolute atomic E-state index is 5.95. The molecule has 2 rings (SSSR count). The van der Waals surface area contributed by atoms with Crippen molar-refractivity contribution in [2.45, 2.75) is 32.5 Å². The van der Waals surface area contributed by atoms with Crippen molar-refractivity contribution in [3.05, 3.63) is 29.8 Å². The minimum absolute atomic E-state index is 0.153. The van der Waals surface area contributed by atoms with Gasteiger partial charge in [0.2, 0.25) is 0 Å². The Labute approximate surface area is 108 Å². The van der Waals surface area contributed by atoms with E-state index in [0.29, 0.717) is 11.8 Å². The second-order valence-corrected chi connectivity index (χ2v) is 5.04. The number of benzene rings is 1. The predicted molar refractivity (Wildman–Crippen MR) is 69.7 cm³/mol. The van der Waals surface area contributed by atoms with E-state index in [1.54, 1.807) is 0 Å². The molecule has 1 fully saturated rings. The molecule has 0 aromatic heterocycles. The van der Waals surface area contributed by atoms with Gasteiger partial charge in [0, 0.05) is 18.4 Å². The van der Waals surface area contributed by atoms with Crippen LogP contribution < -0.4 is 4.74 Å². The summed E-state index contributed by atoms with van der Waals surface area (Å²) < 4.78 is 11.4. The first kappa shape index (κ1) is 12.7. The molecule has 1 aliphatic heterocycles. The van der Waals surface area contributed by atoms with E-state index in [-0.39, 0.29) is 12.2 Å². The number of hydrogen-bond acceptors (Lipinski definition) is 2. The van der Waals surface area contributed by atoms with Gasteiger partial charge in [0.15, 0.2) is 0 Å². The van der Waals surface area contributed by atoms with E-state index in [2.05, 4.69) is 12.1 Å². The highest BCUT2D eigenvalue weighted by atomic mass is 35.5. The third kappa shape index (κ3) is 3.14. The lowest BCUT2D eigenvalue weighted by Gasteiger charge is -2.17.